The maximum atomic E-state index is 12.7. The van der Waals surface area contributed by atoms with Crippen LogP contribution in [0.4, 0.5) is 0 Å². The van der Waals surface area contributed by atoms with E-state index in [-0.39, 0.29) is 18.6 Å². The van der Waals surface area contributed by atoms with E-state index in [4.69, 9.17) is 4.74 Å². The van der Waals surface area contributed by atoms with Crippen LogP contribution in [-0.2, 0) is 9.53 Å². The average Bonchev–Trinajstić information content (AvgIpc) is 3.20. The summed E-state index contributed by atoms with van der Waals surface area (Å²) in [5.74, 6) is -0.526. The predicted octanol–water partition coefficient (Wildman–Crippen LogP) is 4.28. The second kappa shape index (κ2) is 8.31. The molecule has 0 aliphatic heterocycles. The third kappa shape index (κ3) is 4.52. The number of pyridine rings is 1. The SMILES string of the molecule is CC(C)[C@H](C)NC(=O)COC(=O)c1cc(-c2cccs2)nc2ccccc12. The highest BCUT2D eigenvalue weighted by Gasteiger charge is 2.18. The second-order valence-electron chi connectivity index (χ2n) is 6.73. The van der Waals surface area contributed by atoms with E-state index in [9.17, 15) is 9.59 Å². The molecule has 3 aromatic rings. The van der Waals surface area contributed by atoms with Gasteiger partial charge in [0.25, 0.3) is 5.91 Å². The number of fused-ring (bicyclic) bond motifs is 1. The van der Waals surface area contributed by atoms with E-state index in [1.807, 2.05) is 62.5 Å². The van der Waals surface area contributed by atoms with Crippen LogP contribution >= 0.6 is 11.3 Å². The van der Waals surface area contributed by atoms with E-state index < -0.39 is 5.97 Å². The second-order valence-corrected chi connectivity index (χ2v) is 7.67. The minimum Gasteiger partial charge on any atom is -0.452 e. The van der Waals surface area contributed by atoms with Crippen molar-refractivity contribution in [1.29, 1.82) is 0 Å². The molecule has 1 N–H and O–H groups in total. The third-order valence-electron chi connectivity index (χ3n) is 4.43. The molecule has 1 amide bonds. The van der Waals surface area contributed by atoms with Crippen LogP contribution in [0, 0.1) is 5.92 Å². The molecule has 27 heavy (non-hydrogen) atoms. The highest BCUT2D eigenvalue weighted by atomic mass is 32.1. The number of carbonyl (C=O) groups excluding carboxylic acids is 2. The molecule has 0 spiro atoms. The van der Waals surface area contributed by atoms with Crippen molar-refractivity contribution in [3.8, 4) is 10.6 Å². The molecular formula is C21H22N2O3S. The molecule has 0 radical (unpaired) electrons. The third-order valence-corrected chi connectivity index (χ3v) is 5.33. The number of nitrogens with one attached hydrogen (secondary N) is 1. The molecule has 1 aromatic carbocycles. The summed E-state index contributed by atoms with van der Waals surface area (Å²) in [5.41, 5.74) is 1.84. The minimum atomic E-state index is -0.529. The fourth-order valence-corrected chi connectivity index (χ4v) is 3.25. The number of para-hydroxylation sites is 1. The van der Waals surface area contributed by atoms with Gasteiger partial charge in [-0.25, -0.2) is 9.78 Å². The van der Waals surface area contributed by atoms with Crippen LogP contribution in [-0.4, -0.2) is 29.5 Å². The van der Waals surface area contributed by atoms with Gasteiger partial charge in [-0.2, -0.15) is 0 Å². The summed E-state index contributed by atoms with van der Waals surface area (Å²) in [6, 6.07) is 13.1. The van der Waals surface area contributed by atoms with Gasteiger partial charge >= 0.3 is 5.97 Å². The van der Waals surface area contributed by atoms with E-state index in [0.717, 1.165) is 4.88 Å². The van der Waals surface area contributed by atoms with Gasteiger partial charge in [-0.3, -0.25) is 4.79 Å². The first-order valence-corrected chi connectivity index (χ1v) is 9.74. The molecule has 2 heterocycles. The van der Waals surface area contributed by atoms with Gasteiger partial charge in [-0.1, -0.05) is 38.1 Å². The quantitative estimate of drug-likeness (QED) is 0.646. The van der Waals surface area contributed by atoms with Crippen molar-refractivity contribution in [3.63, 3.8) is 0 Å². The summed E-state index contributed by atoms with van der Waals surface area (Å²) >= 11 is 1.55. The average molecular weight is 382 g/mol. The molecule has 0 fully saturated rings. The first kappa shape index (κ1) is 19.0. The Morgan fingerprint density at radius 1 is 1.15 bits per heavy atom. The van der Waals surface area contributed by atoms with Crippen LogP contribution in [0.2, 0.25) is 0 Å². The summed E-state index contributed by atoms with van der Waals surface area (Å²) < 4.78 is 5.28. The van der Waals surface area contributed by atoms with E-state index in [1.165, 1.54) is 0 Å². The Balaban J connectivity index is 1.82. The number of rotatable bonds is 6. The first-order chi connectivity index (χ1) is 13.0. The van der Waals surface area contributed by atoms with Gasteiger partial charge in [-0.15, -0.1) is 11.3 Å². The number of hydrogen-bond acceptors (Lipinski definition) is 5. The number of nitrogens with zero attached hydrogens (tertiary/aromatic N) is 1. The highest BCUT2D eigenvalue weighted by Crippen LogP contribution is 2.28. The summed E-state index contributed by atoms with van der Waals surface area (Å²) in [5, 5.41) is 5.50. The monoisotopic (exact) mass is 382 g/mol. The lowest BCUT2D eigenvalue weighted by molar-refractivity contribution is -0.125. The maximum absolute atomic E-state index is 12.7. The zero-order valence-electron chi connectivity index (χ0n) is 15.6. The molecule has 0 aliphatic rings. The number of aromatic nitrogens is 1. The van der Waals surface area contributed by atoms with Crippen molar-refractivity contribution in [3.05, 3.63) is 53.4 Å². The topological polar surface area (TPSA) is 68.3 Å². The Kier molecular flexibility index (Phi) is 5.86. The molecule has 6 heteroatoms. The van der Waals surface area contributed by atoms with Gasteiger partial charge in [0.1, 0.15) is 0 Å². The lowest BCUT2D eigenvalue weighted by Gasteiger charge is -2.17. The molecule has 5 nitrogen and oxygen atoms in total. The van der Waals surface area contributed by atoms with Crippen LogP contribution in [0.25, 0.3) is 21.5 Å². The minimum absolute atomic E-state index is 0.0170. The van der Waals surface area contributed by atoms with E-state index in [0.29, 0.717) is 28.1 Å². The summed E-state index contributed by atoms with van der Waals surface area (Å²) in [7, 11) is 0. The molecule has 0 saturated carbocycles. The number of carbonyl (C=O) groups is 2. The Hall–Kier alpha value is -2.73. The van der Waals surface area contributed by atoms with Crippen LogP contribution in [0.3, 0.4) is 0 Å². The Bertz CT molecular complexity index is 951. The first-order valence-electron chi connectivity index (χ1n) is 8.86. The zero-order valence-corrected chi connectivity index (χ0v) is 16.4. The molecule has 140 valence electrons. The van der Waals surface area contributed by atoms with Crippen molar-refractivity contribution in [1.82, 2.24) is 10.3 Å². The highest BCUT2D eigenvalue weighted by molar-refractivity contribution is 7.13. The largest absolute Gasteiger partial charge is 0.452 e. The van der Waals surface area contributed by atoms with Crippen LogP contribution in [0.5, 0.6) is 0 Å². The van der Waals surface area contributed by atoms with Crippen molar-refractivity contribution in [2.75, 3.05) is 6.61 Å². The number of thiophene rings is 1. The smallest absolute Gasteiger partial charge is 0.339 e. The van der Waals surface area contributed by atoms with Gasteiger partial charge in [0, 0.05) is 11.4 Å². The Morgan fingerprint density at radius 2 is 1.93 bits per heavy atom. The summed E-state index contributed by atoms with van der Waals surface area (Å²) in [6.07, 6.45) is 0. The van der Waals surface area contributed by atoms with Crippen molar-refractivity contribution in [2.24, 2.45) is 5.92 Å². The number of amides is 1. The maximum Gasteiger partial charge on any atom is 0.339 e. The van der Waals surface area contributed by atoms with Crippen LogP contribution < -0.4 is 5.32 Å². The van der Waals surface area contributed by atoms with Crippen LogP contribution in [0.1, 0.15) is 31.1 Å². The molecule has 0 aliphatic carbocycles. The standard InChI is InChI=1S/C21H22N2O3S/c1-13(2)14(3)22-20(24)12-26-21(25)16-11-18(19-9-6-10-27-19)23-17-8-5-4-7-15(16)17/h4-11,13-14H,12H2,1-3H3,(H,22,24)/t14-/m0/s1. The van der Waals surface area contributed by atoms with Gasteiger partial charge < -0.3 is 10.1 Å². The van der Waals surface area contributed by atoms with E-state index >= 15 is 0 Å². The molecule has 2 aromatic heterocycles. The van der Waals surface area contributed by atoms with E-state index in [1.54, 1.807) is 17.4 Å². The summed E-state index contributed by atoms with van der Waals surface area (Å²) in [4.78, 5) is 30.3. The fourth-order valence-electron chi connectivity index (χ4n) is 2.57. The number of esters is 1. The number of benzene rings is 1. The zero-order chi connectivity index (χ0) is 19.4. The van der Waals surface area contributed by atoms with Gasteiger partial charge in [0.15, 0.2) is 6.61 Å². The molecule has 1 atom stereocenters. The predicted molar refractivity (Wildman–Crippen MR) is 108 cm³/mol. The fraction of sp³-hybridized carbons (Fsp3) is 0.286. The van der Waals surface area contributed by atoms with Crippen molar-refractivity contribution in [2.45, 2.75) is 26.8 Å². The van der Waals surface area contributed by atoms with Gasteiger partial charge in [-0.05, 0) is 36.4 Å². The lowest BCUT2D eigenvalue weighted by Crippen LogP contribution is -2.38. The molecule has 0 unspecified atom stereocenters. The molecule has 0 bridgehead atoms. The molecule has 3 rings (SSSR count). The Morgan fingerprint density at radius 3 is 2.63 bits per heavy atom. The van der Waals surface area contributed by atoms with Gasteiger partial charge in [0.05, 0.1) is 21.7 Å². The van der Waals surface area contributed by atoms with Crippen LogP contribution in [0.15, 0.2) is 47.8 Å². The van der Waals surface area contributed by atoms with Crippen molar-refractivity contribution >= 4 is 34.1 Å². The number of ether oxygens (including phenoxy) is 1. The Labute approximate surface area is 162 Å². The lowest BCUT2D eigenvalue weighted by atomic mass is 10.1. The van der Waals surface area contributed by atoms with Gasteiger partial charge in [0.2, 0.25) is 0 Å². The van der Waals surface area contributed by atoms with E-state index in [2.05, 4.69) is 10.3 Å². The molecule has 0 saturated heterocycles. The normalized spacial score (nSPS) is 12.1. The molecular weight excluding hydrogens is 360 g/mol. The number of hydrogen-bond donors (Lipinski definition) is 1. The van der Waals surface area contributed by atoms with Crippen molar-refractivity contribution < 1.29 is 14.3 Å². The summed E-state index contributed by atoms with van der Waals surface area (Å²) in [6.45, 7) is 5.66.